The number of anilines is 1. The third-order valence-corrected chi connectivity index (χ3v) is 6.89. The van der Waals surface area contributed by atoms with Crippen molar-refractivity contribution in [3.05, 3.63) is 101 Å². The summed E-state index contributed by atoms with van der Waals surface area (Å²) in [5.41, 5.74) is 4.45. The monoisotopic (exact) mass is 564 g/mol. The minimum absolute atomic E-state index is 0.169. The predicted octanol–water partition coefficient (Wildman–Crippen LogP) is 7.66. The van der Waals surface area contributed by atoms with Crippen LogP contribution in [0, 0.1) is 0 Å². The normalized spacial score (nSPS) is 11.7. The van der Waals surface area contributed by atoms with E-state index < -0.39 is 0 Å². The second-order valence-corrected chi connectivity index (χ2v) is 10.7. The van der Waals surface area contributed by atoms with Gasteiger partial charge in [0.2, 0.25) is 5.91 Å². The fourth-order valence-corrected chi connectivity index (χ4v) is 4.45. The highest BCUT2D eigenvalue weighted by molar-refractivity contribution is 8.06. The molecule has 8 heteroatoms. The van der Waals surface area contributed by atoms with E-state index in [0.29, 0.717) is 12.2 Å². The van der Waals surface area contributed by atoms with Crippen LogP contribution >= 0.6 is 11.8 Å². The molecule has 0 aliphatic rings. The molecule has 1 aromatic rings. The number of rotatable bonds is 18. The number of hydrogen-bond donors (Lipinski definition) is 1. The first-order chi connectivity index (χ1) is 19.0. The number of aryl methyl sites for hydroxylation is 1. The number of aromatic nitrogens is 2. The number of nitrogens with zero attached hydrogens (tertiary/aromatic N) is 3. The molecule has 0 aliphatic carbocycles. The Morgan fingerprint density at radius 1 is 1.07 bits per heavy atom. The van der Waals surface area contributed by atoms with Crippen molar-refractivity contribution >= 4 is 29.5 Å². The van der Waals surface area contributed by atoms with E-state index in [2.05, 4.69) is 41.8 Å². The SMILES string of the molecule is C=C(/C=C\C)CC(=C)N(C)C(=C)SC(=C)CCCCc1ccc(NC(=O)C/C(C)=C/C(=C\C)CC(=O)OC)nn1. The van der Waals surface area contributed by atoms with Crippen molar-refractivity contribution in [1.82, 2.24) is 15.1 Å². The molecule has 40 heavy (non-hydrogen) atoms. The fraction of sp³-hybridized carbons (Fsp3) is 0.375. The summed E-state index contributed by atoms with van der Waals surface area (Å²) in [6, 6.07) is 3.65. The van der Waals surface area contributed by atoms with Crippen molar-refractivity contribution in [2.24, 2.45) is 0 Å². The molecule has 1 amide bonds. The van der Waals surface area contributed by atoms with E-state index in [1.807, 2.05) is 63.1 Å². The molecule has 0 spiro atoms. The molecule has 1 N–H and O–H groups in total. The third kappa shape index (κ3) is 13.9. The van der Waals surface area contributed by atoms with Gasteiger partial charge in [0.25, 0.3) is 0 Å². The van der Waals surface area contributed by atoms with Crippen LogP contribution < -0.4 is 5.32 Å². The van der Waals surface area contributed by atoms with Gasteiger partial charge in [-0.25, -0.2) is 0 Å². The minimum Gasteiger partial charge on any atom is -0.469 e. The Kier molecular flexibility index (Phi) is 16.0. The number of hydrogen-bond acceptors (Lipinski definition) is 7. The maximum Gasteiger partial charge on any atom is 0.309 e. The maximum atomic E-state index is 12.4. The molecule has 0 unspecified atom stereocenters. The number of methoxy groups -OCH3 is 1. The Morgan fingerprint density at radius 3 is 2.40 bits per heavy atom. The van der Waals surface area contributed by atoms with Gasteiger partial charge >= 0.3 is 5.97 Å². The molecule has 1 heterocycles. The fourth-order valence-electron chi connectivity index (χ4n) is 3.61. The van der Waals surface area contributed by atoms with E-state index in [0.717, 1.165) is 63.7 Å². The van der Waals surface area contributed by atoms with Crippen LogP contribution in [0.3, 0.4) is 0 Å². The summed E-state index contributed by atoms with van der Waals surface area (Å²) in [6.45, 7) is 22.2. The van der Waals surface area contributed by atoms with Gasteiger partial charge in [0.1, 0.15) is 0 Å². The van der Waals surface area contributed by atoms with Crippen LogP contribution in [0.2, 0.25) is 0 Å². The summed E-state index contributed by atoms with van der Waals surface area (Å²) in [5.74, 6) is -0.107. The first-order valence-electron chi connectivity index (χ1n) is 13.3. The zero-order valence-corrected chi connectivity index (χ0v) is 25.5. The number of nitrogens with one attached hydrogen (secondary N) is 1. The lowest BCUT2D eigenvalue weighted by Crippen LogP contribution is -2.14. The second-order valence-electron chi connectivity index (χ2n) is 9.44. The number of allylic oxidation sites excluding steroid dienone is 6. The van der Waals surface area contributed by atoms with E-state index in [-0.39, 0.29) is 24.7 Å². The standard InChI is InChI=1S/C32H44N4O3S/c1-10-14-23(3)19-25(5)36(8)27(7)40-26(6)15-12-13-16-29-17-18-30(35-34-29)33-31(37)21-24(4)20-28(11-2)22-32(38)39-9/h10-11,14,17-18,20H,3,5-7,12-13,15-16,19,21-22H2,1-2,4,8-9H3,(H,33,35,37)/b14-10-,24-20+,28-11+. The summed E-state index contributed by atoms with van der Waals surface area (Å²) in [6.07, 6.45) is 12.2. The first kappa shape index (κ1) is 34.4. The van der Waals surface area contributed by atoms with Crippen LogP contribution in [-0.4, -0.2) is 41.1 Å². The molecule has 0 saturated heterocycles. The number of ether oxygens (including phenoxy) is 1. The molecule has 0 bridgehead atoms. The Labute approximate surface area is 244 Å². The van der Waals surface area contributed by atoms with Crippen LogP contribution in [0.4, 0.5) is 5.82 Å². The van der Waals surface area contributed by atoms with Gasteiger partial charge in [0.05, 0.1) is 24.3 Å². The number of thioether (sulfide) groups is 1. The van der Waals surface area contributed by atoms with E-state index in [1.54, 1.807) is 17.8 Å². The Bertz CT molecular complexity index is 1160. The molecule has 0 atom stereocenters. The van der Waals surface area contributed by atoms with Crippen molar-refractivity contribution in [2.75, 3.05) is 19.5 Å². The number of amides is 1. The first-order valence-corrected chi connectivity index (χ1v) is 14.1. The molecule has 1 aromatic heterocycles. The largest absolute Gasteiger partial charge is 0.469 e. The van der Waals surface area contributed by atoms with Gasteiger partial charge in [-0.1, -0.05) is 68.0 Å². The van der Waals surface area contributed by atoms with E-state index in [4.69, 9.17) is 4.74 Å². The van der Waals surface area contributed by atoms with Crippen molar-refractivity contribution in [2.45, 2.75) is 65.7 Å². The molecule has 0 fully saturated rings. The Balaban J connectivity index is 2.42. The zero-order chi connectivity index (χ0) is 30.1. The van der Waals surface area contributed by atoms with Gasteiger partial charge in [-0.2, -0.15) is 5.10 Å². The number of unbranched alkanes of at least 4 members (excludes halogenated alkanes) is 1. The van der Waals surface area contributed by atoms with Gasteiger partial charge in [-0.3, -0.25) is 9.59 Å². The average Bonchev–Trinajstić information content (AvgIpc) is 2.90. The summed E-state index contributed by atoms with van der Waals surface area (Å²) >= 11 is 1.57. The van der Waals surface area contributed by atoms with Crippen LogP contribution in [0.5, 0.6) is 0 Å². The number of carbonyl (C=O) groups excluding carboxylic acids is 2. The summed E-state index contributed by atoms with van der Waals surface area (Å²) < 4.78 is 4.70. The number of carbonyl (C=O) groups is 2. The van der Waals surface area contributed by atoms with E-state index in [1.165, 1.54) is 7.11 Å². The highest BCUT2D eigenvalue weighted by Crippen LogP contribution is 2.31. The van der Waals surface area contributed by atoms with Gasteiger partial charge < -0.3 is 15.0 Å². The topological polar surface area (TPSA) is 84.4 Å². The number of esters is 1. The predicted molar refractivity (Wildman–Crippen MR) is 168 cm³/mol. The van der Waals surface area contributed by atoms with Crippen LogP contribution in [0.15, 0.2) is 95.1 Å². The van der Waals surface area contributed by atoms with Crippen LogP contribution in [-0.2, 0) is 20.7 Å². The quantitative estimate of drug-likeness (QED) is 0.111. The molecule has 7 nitrogen and oxygen atoms in total. The summed E-state index contributed by atoms with van der Waals surface area (Å²) in [4.78, 5) is 26.9. The molecular weight excluding hydrogens is 520 g/mol. The second kappa shape index (κ2) is 18.6. The van der Waals surface area contributed by atoms with Crippen molar-refractivity contribution in [3.8, 4) is 0 Å². The zero-order valence-electron chi connectivity index (χ0n) is 24.7. The lowest BCUT2D eigenvalue weighted by molar-refractivity contribution is -0.139. The Hall–Kier alpha value is -3.65. The molecule has 0 radical (unpaired) electrons. The molecule has 216 valence electrons. The highest BCUT2D eigenvalue weighted by atomic mass is 32.2. The maximum absolute atomic E-state index is 12.4. The molecule has 0 aliphatic heterocycles. The lowest BCUT2D eigenvalue weighted by atomic mass is 10.1. The van der Waals surface area contributed by atoms with E-state index >= 15 is 0 Å². The van der Waals surface area contributed by atoms with Crippen LogP contribution in [0.1, 0.15) is 65.0 Å². The van der Waals surface area contributed by atoms with Crippen molar-refractivity contribution in [1.29, 1.82) is 0 Å². The molecule has 0 aromatic carbocycles. The van der Waals surface area contributed by atoms with Gasteiger partial charge in [-0.15, -0.1) is 5.10 Å². The third-order valence-electron chi connectivity index (χ3n) is 5.89. The van der Waals surface area contributed by atoms with Crippen LogP contribution in [0.25, 0.3) is 0 Å². The molecule has 1 rings (SSSR count). The van der Waals surface area contributed by atoms with E-state index in [9.17, 15) is 9.59 Å². The molecular formula is C32H44N4O3S. The summed E-state index contributed by atoms with van der Waals surface area (Å²) in [7, 11) is 3.32. The Morgan fingerprint density at radius 2 is 1.80 bits per heavy atom. The minimum atomic E-state index is -0.319. The summed E-state index contributed by atoms with van der Waals surface area (Å²) in [5, 5.41) is 12.1. The van der Waals surface area contributed by atoms with Gasteiger partial charge in [0, 0.05) is 25.6 Å². The van der Waals surface area contributed by atoms with Gasteiger partial charge in [-0.05, 0) is 74.6 Å². The van der Waals surface area contributed by atoms with Gasteiger partial charge in [0.15, 0.2) is 5.82 Å². The van der Waals surface area contributed by atoms with Crippen molar-refractivity contribution in [3.63, 3.8) is 0 Å². The average molecular weight is 565 g/mol. The lowest BCUT2D eigenvalue weighted by Gasteiger charge is -2.24. The molecule has 0 saturated carbocycles. The van der Waals surface area contributed by atoms with Crippen molar-refractivity contribution < 1.29 is 14.3 Å². The highest BCUT2D eigenvalue weighted by Gasteiger charge is 2.10. The smallest absolute Gasteiger partial charge is 0.309 e.